The quantitative estimate of drug-likeness (QED) is 0.837. The van der Waals surface area contributed by atoms with Crippen molar-refractivity contribution in [2.75, 3.05) is 25.1 Å². The van der Waals surface area contributed by atoms with Crippen LogP contribution in [0.5, 0.6) is 5.75 Å². The molecule has 0 spiro atoms. The highest BCUT2D eigenvalue weighted by Crippen LogP contribution is 2.33. The Bertz CT molecular complexity index is 475. The van der Waals surface area contributed by atoms with Gasteiger partial charge in [0.15, 0.2) is 0 Å². The molecule has 1 aromatic rings. The smallest absolute Gasteiger partial charge is 0.325 e. The highest BCUT2D eigenvalue weighted by Gasteiger charge is 2.41. The van der Waals surface area contributed by atoms with E-state index >= 15 is 0 Å². The fraction of sp³-hybridized carbons (Fsp3) is 0.462. The highest BCUT2D eigenvalue weighted by atomic mass is 16.5. The van der Waals surface area contributed by atoms with Crippen molar-refractivity contribution in [1.29, 1.82) is 0 Å². The molecular weight excluding hydrogens is 232 g/mol. The van der Waals surface area contributed by atoms with Crippen LogP contribution in [0.2, 0.25) is 0 Å². The van der Waals surface area contributed by atoms with Gasteiger partial charge >= 0.3 is 5.97 Å². The maximum absolute atomic E-state index is 11.1. The number of ether oxygens (including phenoxy) is 1. The van der Waals surface area contributed by atoms with E-state index in [0.717, 1.165) is 17.0 Å². The largest absolute Gasteiger partial charge is 0.495 e. The molecule has 5 nitrogen and oxygen atoms in total. The van der Waals surface area contributed by atoms with Crippen LogP contribution in [-0.2, 0) is 4.79 Å². The van der Waals surface area contributed by atoms with E-state index in [9.17, 15) is 4.79 Å². The van der Waals surface area contributed by atoms with Crippen LogP contribution in [0, 0.1) is 6.92 Å². The lowest BCUT2D eigenvalue weighted by Crippen LogP contribution is -2.50. The Balaban J connectivity index is 2.29. The zero-order chi connectivity index (χ0) is 13.3. The van der Waals surface area contributed by atoms with E-state index in [-0.39, 0.29) is 0 Å². The van der Waals surface area contributed by atoms with Crippen molar-refractivity contribution in [2.45, 2.75) is 18.9 Å². The second kappa shape index (κ2) is 4.49. The van der Waals surface area contributed by atoms with Gasteiger partial charge in [0.1, 0.15) is 11.3 Å². The van der Waals surface area contributed by atoms with Gasteiger partial charge in [-0.05, 0) is 31.0 Å². The number of carboxylic acids is 1. The normalized spacial score (nSPS) is 23.2. The molecule has 0 aliphatic carbocycles. The summed E-state index contributed by atoms with van der Waals surface area (Å²) in [5, 5.41) is 9.14. The summed E-state index contributed by atoms with van der Waals surface area (Å²) in [5.74, 6) is -0.202. The Morgan fingerprint density at radius 2 is 2.28 bits per heavy atom. The summed E-state index contributed by atoms with van der Waals surface area (Å²) < 4.78 is 5.31. The summed E-state index contributed by atoms with van der Waals surface area (Å²) in [7, 11) is 1.61. The van der Waals surface area contributed by atoms with Gasteiger partial charge in [-0.2, -0.15) is 0 Å². The molecule has 1 aliphatic heterocycles. The van der Waals surface area contributed by atoms with Crippen molar-refractivity contribution < 1.29 is 14.6 Å². The second-order valence-electron chi connectivity index (χ2n) is 4.81. The Morgan fingerprint density at radius 1 is 1.56 bits per heavy atom. The Kier molecular flexibility index (Phi) is 3.17. The van der Waals surface area contributed by atoms with Gasteiger partial charge in [-0.1, -0.05) is 6.07 Å². The van der Waals surface area contributed by atoms with Crippen LogP contribution >= 0.6 is 0 Å². The fourth-order valence-electron chi connectivity index (χ4n) is 2.26. The third-order valence-corrected chi connectivity index (χ3v) is 3.40. The average Bonchev–Trinajstić information content (AvgIpc) is 2.73. The summed E-state index contributed by atoms with van der Waals surface area (Å²) in [5.41, 5.74) is 6.73. The van der Waals surface area contributed by atoms with E-state index in [1.54, 1.807) is 7.11 Å². The van der Waals surface area contributed by atoms with Crippen LogP contribution < -0.4 is 15.4 Å². The second-order valence-corrected chi connectivity index (χ2v) is 4.81. The minimum absolute atomic E-state index is 0.308. The fourth-order valence-corrected chi connectivity index (χ4v) is 2.26. The first-order valence-corrected chi connectivity index (χ1v) is 5.88. The predicted octanol–water partition coefficient (Wildman–Crippen LogP) is 0.996. The average molecular weight is 250 g/mol. The number of hydrogen-bond acceptors (Lipinski definition) is 4. The Labute approximate surface area is 106 Å². The number of carboxylic acid groups (broad SMARTS) is 1. The lowest BCUT2D eigenvalue weighted by molar-refractivity contribution is -0.142. The van der Waals surface area contributed by atoms with Crippen molar-refractivity contribution in [2.24, 2.45) is 5.73 Å². The van der Waals surface area contributed by atoms with Gasteiger partial charge in [-0.3, -0.25) is 4.79 Å². The molecule has 0 radical (unpaired) electrons. The number of carbonyl (C=O) groups is 1. The molecule has 1 atom stereocenters. The number of aryl methyl sites for hydroxylation is 1. The maximum atomic E-state index is 11.1. The molecular formula is C13H18N2O3. The number of aliphatic carboxylic acids is 1. The molecule has 1 fully saturated rings. The standard InChI is InChI=1S/C13H18N2O3/c1-9-3-4-11(18-2)10(7-9)15-6-5-13(14,8-15)12(16)17/h3-4,7H,5-6,8,14H2,1-2H3,(H,16,17). The molecule has 1 unspecified atom stereocenters. The molecule has 3 N–H and O–H groups in total. The van der Waals surface area contributed by atoms with Crippen molar-refractivity contribution >= 4 is 11.7 Å². The van der Waals surface area contributed by atoms with Crippen LogP contribution in [0.25, 0.3) is 0 Å². The number of hydrogen-bond donors (Lipinski definition) is 2. The van der Waals surface area contributed by atoms with Gasteiger partial charge < -0.3 is 20.5 Å². The van der Waals surface area contributed by atoms with Gasteiger partial charge in [-0.15, -0.1) is 0 Å². The first-order chi connectivity index (χ1) is 8.46. The summed E-state index contributed by atoms with van der Waals surface area (Å²) in [6, 6.07) is 5.85. The van der Waals surface area contributed by atoms with E-state index in [4.69, 9.17) is 15.6 Å². The molecule has 0 bridgehead atoms. The summed E-state index contributed by atoms with van der Waals surface area (Å²) >= 11 is 0. The summed E-state index contributed by atoms with van der Waals surface area (Å²) in [6.45, 7) is 2.93. The number of methoxy groups -OCH3 is 1. The van der Waals surface area contributed by atoms with Crippen LogP contribution in [0.15, 0.2) is 18.2 Å². The number of nitrogens with zero attached hydrogens (tertiary/aromatic N) is 1. The lowest BCUT2D eigenvalue weighted by atomic mass is 10.0. The predicted molar refractivity (Wildman–Crippen MR) is 69.1 cm³/mol. The monoisotopic (exact) mass is 250 g/mol. The zero-order valence-electron chi connectivity index (χ0n) is 10.6. The topological polar surface area (TPSA) is 75.8 Å². The Hall–Kier alpha value is -1.75. The van der Waals surface area contributed by atoms with Crippen molar-refractivity contribution in [3.05, 3.63) is 23.8 Å². The summed E-state index contributed by atoms with van der Waals surface area (Å²) in [4.78, 5) is 13.1. The van der Waals surface area contributed by atoms with E-state index in [0.29, 0.717) is 19.5 Å². The van der Waals surface area contributed by atoms with Crippen molar-refractivity contribution in [1.82, 2.24) is 0 Å². The van der Waals surface area contributed by atoms with Gasteiger partial charge in [0.2, 0.25) is 0 Å². The number of benzene rings is 1. The molecule has 2 rings (SSSR count). The minimum Gasteiger partial charge on any atom is -0.495 e. The van der Waals surface area contributed by atoms with Gasteiger partial charge in [-0.25, -0.2) is 0 Å². The first kappa shape index (κ1) is 12.7. The maximum Gasteiger partial charge on any atom is 0.325 e. The van der Waals surface area contributed by atoms with Crippen LogP contribution in [0.3, 0.4) is 0 Å². The molecule has 5 heteroatoms. The SMILES string of the molecule is COc1ccc(C)cc1N1CCC(N)(C(=O)O)C1. The highest BCUT2D eigenvalue weighted by molar-refractivity contribution is 5.81. The number of anilines is 1. The Morgan fingerprint density at radius 3 is 2.83 bits per heavy atom. The van der Waals surface area contributed by atoms with E-state index in [1.807, 2.05) is 30.0 Å². The molecule has 1 aliphatic rings. The lowest BCUT2D eigenvalue weighted by Gasteiger charge is -2.23. The molecule has 0 amide bonds. The number of rotatable bonds is 3. The van der Waals surface area contributed by atoms with Gasteiger partial charge in [0.25, 0.3) is 0 Å². The van der Waals surface area contributed by atoms with Crippen LogP contribution in [0.4, 0.5) is 5.69 Å². The summed E-state index contributed by atoms with van der Waals surface area (Å²) in [6.07, 6.45) is 0.444. The van der Waals surface area contributed by atoms with Crippen molar-refractivity contribution in [3.63, 3.8) is 0 Å². The molecule has 98 valence electrons. The van der Waals surface area contributed by atoms with E-state index in [1.165, 1.54) is 0 Å². The molecule has 18 heavy (non-hydrogen) atoms. The van der Waals surface area contributed by atoms with Gasteiger partial charge in [0.05, 0.1) is 12.8 Å². The molecule has 1 heterocycles. The van der Waals surface area contributed by atoms with Crippen molar-refractivity contribution in [3.8, 4) is 5.75 Å². The van der Waals surface area contributed by atoms with E-state index < -0.39 is 11.5 Å². The van der Waals surface area contributed by atoms with Gasteiger partial charge in [0, 0.05) is 13.1 Å². The molecule has 0 aromatic heterocycles. The molecule has 1 aromatic carbocycles. The third kappa shape index (κ3) is 2.13. The molecule has 1 saturated heterocycles. The van der Waals surface area contributed by atoms with Crippen LogP contribution in [0.1, 0.15) is 12.0 Å². The zero-order valence-corrected chi connectivity index (χ0v) is 10.6. The third-order valence-electron chi connectivity index (χ3n) is 3.40. The minimum atomic E-state index is -1.16. The molecule has 0 saturated carbocycles. The number of nitrogens with two attached hydrogens (primary N) is 1. The van der Waals surface area contributed by atoms with Crippen LogP contribution in [-0.4, -0.2) is 36.8 Å². The first-order valence-electron chi connectivity index (χ1n) is 5.88. The van der Waals surface area contributed by atoms with E-state index in [2.05, 4.69) is 0 Å².